The number of hydrogen-bond donors (Lipinski definition) is 0. The van der Waals surface area contributed by atoms with E-state index in [0.717, 1.165) is 6.42 Å². The summed E-state index contributed by atoms with van der Waals surface area (Å²) in [6.45, 7) is 4.28. The molecule has 0 aromatic heterocycles. The molecule has 1 aromatic carbocycles. The van der Waals surface area contributed by atoms with Gasteiger partial charge in [0.15, 0.2) is 0 Å². The molecule has 0 fully saturated rings. The monoisotopic (exact) mass is 196 g/mol. The van der Waals surface area contributed by atoms with E-state index in [0.29, 0.717) is 0 Å². The van der Waals surface area contributed by atoms with Gasteiger partial charge >= 0.3 is 0 Å². The molecule has 76 valence electrons. The highest BCUT2D eigenvalue weighted by Crippen LogP contribution is 2.29. The molecule has 15 heavy (non-hydrogen) atoms. The second-order valence-corrected chi connectivity index (χ2v) is 4.13. The summed E-state index contributed by atoms with van der Waals surface area (Å²) in [6.07, 6.45) is 7.77. The zero-order valence-corrected chi connectivity index (χ0v) is 9.33. The minimum atomic E-state index is 1.06. The number of allylic oxidation sites excluding steroid dienone is 6. The maximum Gasteiger partial charge on any atom is -0.00822 e. The van der Waals surface area contributed by atoms with Gasteiger partial charge in [0.1, 0.15) is 0 Å². The van der Waals surface area contributed by atoms with Crippen LogP contribution in [0, 0.1) is 0 Å². The Bertz CT molecular complexity index is 426. The van der Waals surface area contributed by atoms with Crippen molar-refractivity contribution in [2.45, 2.75) is 20.3 Å². The maximum absolute atomic E-state index is 2.26. The third-order valence-electron chi connectivity index (χ3n) is 2.53. The highest BCUT2D eigenvalue weighted by molar-refractivity contribution is 5.77. The van der Waals surface area contributed by atoms with Gasteiger partial charge in [-0.25, -0.2) is 0 Å². The van der Waals surface area contributed by atoms with Gasteiger partial charge in [-0.05, 0) is 37.0 Å². The van der Waals surface area contributed by atoms with Crippen LogP contribution in [0.25, 0.3) is 5.57 Å². The Balaban J connectivity index is 2.41. The van der Waals surface area contributed by atoms with Gasteiger partial charge in [-0.2, -0.15) is 0 Å². The van der Waals surface area contributed by atoms with Crippen LogP contribution in [0.15, 0.2) is 59.7 Å². The first-order chi connectivity index (χ1) is 7.27. The fraction of sp³-hybridized carbons (Fsp3) is 0.200. The van der Waals surface area contributed by atoms with Gasteiger partial charge in [0.05, 0.1) is 0 Å². The Morgan fingerprint density at radius 3 is 2.53 bits per heavy atom. The van der Waals surface area contributed by atoms with E-state index in [-0.39, 0.29) is 0 Å². The van der Waals surface area contributed by atoms with E-state index in [1.54, 1.807) is 0 Å². The van der Waals surface area contributed by atoms with Crippen molar-refractivity contribution < 1.29 is 0 Å². The van der Waals surface area contributed by atoms with Crippen molar-refractivity contribution in [2.75, 3.05) is 0 Å². The van der Waals surface area contributed by atoms with Gasteiger partial charge in [-0.15, -0.1) is 0 Å². The molecule has 1 aliphatic carbocycles. The maximum atomic E-state index is 2.26. The van der Waals surface area contributed by atoms with E-state index in [1.807, 2.05) is 0 Å². The summed E-state index contributed by atoms with van der Waals surface area (Å²) in [6, 6.07) is 10.6. The SMILES string of the molecule is CC(C)=CC1=C(c2ccccc2)CC=C1. The Morgan fingerprint density at radius 1 is 1.13 bits per heavy atom. The van der Waals surface area contributed by atoms with Crippen LogP contribution in [0.1, 0.15) is 25.8 Å². The van der Waals surface area contributed by atoms with Crippen molar-refractivity contribution in [2.24, 2.45) is 0 Å². The average Bonchev–Trinajstić information content (AvgIpc) is 2.66. The molecule has 0 saturated carbocycles. The van der Waals surface area contributed by atoms with Crippen LogP contribution < -0.4 is 0 Å². The first kappa shape index (κ1) is 9.97. The first-order valence-corrected chi connectivity index (χ1v) is 5.37. The van der Waals surface area contributed by atoms with Gasteiger partial charge in [-0.3, -0.25) is 0 Å². The Labute approximate surface area is 91.6 Å². The lowest BCUT2D eigenvalue weighted by Crippen LogP contribution is -1.83. The molecule has 0 nitrogen and oxygen atoms in total. The normalized spacial score (nSPS) is 14.5. The van der Waals surface area contributed by atoms with Crippen LogP contribution >= 0.6 is 0 Å². The highest BCUT2D eigenvalue weighted by Gasteiger charge is 2.08. The van der Waals surface area contributed by atoms with Crippen molar-refractivity contribution in [3.8, 4) is 0 Å². The smallest absolute Gasteiger partial charge is 0.00822 e. The highest BCUT2D eigenvalue weighted by atomic mass is 14.1. The molecular formula is C15H16. The van der Waals surface area contributed by atoms with Gasteiger partial charge in [-0.1, -0.05) is 54.1 Å². The van der Waals surface area contributed by atoms with Crippen molar-refractivity contribution in [3.63, 3.8) is 0 Å². The topological polar surface area (TPSA) is 0 Å². The van der Waals surface area contributed by atoms with Gasteiger partial charge in [0, 0.05) is 0 Å². The molecule has 0 spiro atoms. The standard InChI is InChI=1S/C15H16/c1-12(2)11-14-9-6-10-15(14)13-7-4-3-5-8-13/h3-9,11H,10H2,1-2H3. The van der Waals surface area contributed by atoms with Gasteiger partial charge < -0.3 is 0 Å². The third-order valence-corrected chi connectivity index (χ3v) is 2.53. The zero-order chi connectivity index (χ0) is 10.7. The Kier molecular flexibility index (Phi) is 2.86. The summed E-state index contributed by atoms with van der Waals surface area (Å²) < 4.78 is 0. The lowest BCUT2D eigenvalue weighted by atomic mass is 10.0. The molecule has 1 aromatic rings. The molecule has 0 atom stereocenters. The van der Waals surface area contributed by atoms with Crippen molar-refractivity contribution in [1.82, 2.24) is 0 Å². The number of rotatable bonds is 2. The van der Waals surface area contributed by atoms with Crippen LogP contribution in [0.3, 0.4) is 0 Å². The van der Waals surface area contributed by atoms with E-state index >= 15 is 0 Å². The molecule has 0 N–H and O–H groups in total. The predicted octanol–water partition coefficient (Wildman–Crippen LogP) is 4.37. The second-order valence-electron chi connectivity index (χ2n) is 4.13. The average molecular weight is 196 g/mol. The molecule has 0 unspecified atom stereocenters. The lowest BCUT2D eigenvalue weighted by molar-refractivity contribution is 1.37. The Morgan fingerprint density at radius 2 is 1.87 bits per heavy atom. The summed E-state index contributed by atoms with van der Waals surface area (Å²) in [5.41, 5.74) is 5.50. The molecule has 0 radical (unpaired) electrons. The summed E-state index contributed by atoms with van der Waals surface area (Å²) in [5, 5.41) is 0. The quantitative estimate of drug-likeness (QED) is 0.659. The molecule has 1 aliphatic rings. The number of hydrogen-bond acceptors (Lipinski definition) is 0. The van der Waals surface area contributed by atoms with Crippen molar-refractivity contribution >= 4 is 5.57 Å². The minimum Gasteiger partial charge on any atom is -0.0795 e. The summed E-state index contributed by atoms with van der Waals surface area (Å²) in [4.78, 5) is 0. The van der Waals surface area contributed by atoms with E-state index in [2.05, 4.69) is 62.4 Å². The zero-order valence-electron chi connectivity index (χ0n) is 9.33. The molecule has 0 heterocycles. The van der Waals surface area contributed by atoms with Crippen molar-refractivity contribution in [3.05, 3.63) is 65.3 Å². The van der Waals surface area contributed by atoms with Gasteiger partial charge in [0.25, 0.3) is 0 Å². The van der Waals surface area contributed by atoms with Crippen LogP contribution in [-0.4, -0.2) is 0 Å². The van der Waals surface area contributed by atoms with Crippen molar-refractivity contribution in [1.29, 1.82) is 0 Å². The van der Waals surface area contributed by atoms with Gasteiger partial charge in [0.2, 0.25) is 0 Å². The molecule has 0 heteroatoms. The fourth-order valence-electron chi connectivity index (χ4n) is 1.89. The predicted molar refractivity (Wildman–Crippen MR) is 66.6 cm³/mol. The first-order valence-electron chi connectivity index (χ1n) is 5.37. The summed E-state index contributed by atoms with van der Waals surface area (Å²) in [7, 11) is 0. The molecule has 0 amide bonds. The molecular weight excluding hydrogens is 180 g/mol. The van der Waals surface area contributed by atoms with Crippen LogP contribution in [-0.2, 0) is 0 Å². The largest absolute Gasteiger partial charge is 0.0795 e. The fourth-order valence-corrected chi connectivity index (χ4v) is 1.89. The molecule has 0 saturated heterocycles. The molecule has 0 bridgehead atoms. The summed E-state index contributed by atoms with van der Waals surface area (Å²) >= 11 is 0. The molecule has 2 rings (SSSR count). The van der Waals surface area contributed by atoms with E-state index in [4.69, 9.17) is 0 Å². The third kappa shape index (κ3) is 2.27. The van der Waals surface area contributed by atoms with E-state index in [9.17, 15) is 0 Å². The van der Waals surface area contributed by atoms with E-state index in [1.165, 1.54) is 22.3 Å². The van der Waals surface area contributed by atoms with Crippen LogP contribution in [0.5, 0.6) is 0 Å². The molecule has 0 aliphatic heterocycles. The minimum absolute atomic E-state index is 1.06. The number of benzene rings is 1. The lowest BCUT2D eigenvalue weighted by Gasteiger charge is -2.04. The van der Waals surface area contributed by atoms with Crippen LogP contribution in [0.2, 0.25) is 0 Å². The second kappa shape index (κ2) is 4.31. The summed E-state index contributed by atoms with van der Waals surface area (Å²) in [5.74, 6) is 0. The Hall–Kier alpha value is -1.56. The van der Waals surface area contributed by atoms with Crippen LogP contribution in [0.4, 0.5) is 0 Å². The van der Waals surface area contributed by atoms with E-state index < -0.39 is 0 Å².